The molecule has 1 heterocycles. The second kappa shape index (κ2) is 3.87. The predicted octanol–water partition coefficient (Wildman–Crippen LogP) is 1.08. The van der Waals surface area contributed by atoms with Gasteiger partial charge in [0.2, 0.25) is 0 Å². The first-order valence-corrected chi connectivity index (χ1v) is 3.66. The van der Waals surface area contributed by atoms with Gasteiger partial charge < -0.3 is 10.1 Å². The molecule has 74 valence electrons. The fourth-order valence-electron chi connectivity index (χ4n) is 1.03. The maximum Gasteiger partial charge on any atom is 0.290 e. The maximum absolute atomic E-state index is 12.3. The maximum atomic E-state index is 12.3. The summed E-state index contributed by atoms with van der Waals surface area (Å²) in [6.07, 6.45) is -2.45. The minimum absolute atomic E-state index is 0.314. The number of nitrogens with zero attached hydrogens (tertiary/aromatic N) is 1. The molecule has 6 heteroatoms. The van der Waals surface area contributed by atoms with Gasteiger partial charge in [0, 0.05) is 17.3 Å². The first kappa shape index (κ1) is 10.2. The van der Waals surface area contributed by atoms with Crippen molar-refractivity contribution >= 4 is 0 Å². The van der Waals surface area contributed by atoms with Crippen molar-refractivity contribution in [1.82, 2.24) is 4.98 Å². The minimum Gasteiger partial charge on any atom is -0.503 e. The lowest BCUT2D eigenvalue weighted by atomic mass is 10.1. The Morgan fingerprint density at radius 3 is 2.79 bits per heavy atom. The Morgan fingerprint density at radius 1 is 1.64 bits per heavy atom. The second-order valence-corrected chi connectivity index (χ2v) is 2.54. The lowest BCUT2D eigenvalue weighted by Crippen LogP contribution is -2.10. The second-order valence-electron chi connectivity index (χ2n) is 2.54. The van der Waals surface area contributed by atoms with Crippen molar-refractivity contribution in [3.63, 3.8) is 0 Å². The van der Waals surface area contributed by atoms with E-state index in [9.17, 15) is 13.6 Å². The number of nitrogens with one attached hydrogen (secondary N) is 1. The van der Waals surface area contributed by atoms with E-state index in [0.717, 1.165) is 6.20 Å². The molecule has 0 aliphatic rings. The Kier molecular flexibility index (Phi) is 2.82. The number of hydrogen-bond acceptors (Lipinski definition) is 3. The molecule has 14 heavy (non-hydrogen) atoms. The monoisotopic (exact) mass is 200 g/mol. The highest BCUT2D eigenvalue weighted by Gasteiger charge is 2.18. The summed E-state index contributed by atoms with van der Waals surface area (Å²) in [7, 11) is 0. The topological polar surface area (TPSA) is 76.9 Å². The van der Waals surface area contributed by atoms with Crippen molar-refractivity contribution in [3.8, 4) is 11.8 Å². The van der Waals surface area contributed by atoms with Gasteiger partial charge in [0.05, 0.1) is 12.5 Å². The molecule has 0 aromatic carbocycles. The van der Waals surface area contributed by atoms with E-state index < -0.39 is 29.7 Å². The SMILES string of the molecule is N#CCc1c(C(F)F)c[nH]c(=O)c1O. The van der Waals surface area contributed by atoms with Gasteiger partial charge in [-0.2, -0.15) is 5.26 Å². The van der Waals surface area contributed by atoms with E-state index in [0.29, 0.717) is 0 Å². The highest BCUT2D eigenvalue weighted by Crippen LogP contribution is 2.25. The van der Waals surface area contributed by atoms with Crippen LogP contribution in [0.4, 0.5) is 8.78 Å². The van der Waals surface area contributed by atoms with E-state index in [1.165, 1.54) is 0 Å². The van der Waals surface area contributed by atoms with Crippen molar-refractivity contribution in [2.24, 2.45) is 0 Å². The lowest BCUT2D eigenvalue weighted by molar-refractivity contribution is 0.149. The summed E-state index contributed by atoms with van der Waals surface area (Å²) in [5.74, 6) is -0.815. The molecule has 0 unspecified atom stereocenters. The molecule has 0 saturated carbocycles. The van der Waals surface area contributed by atoms with Gasteiger partial charge in [-0.1, -0.05) is 0 Å². The third kappa shape index (κ3) is 1.71. The van der Waals surface area contributed by atoms with Crippen LogP contribution in [-0.4, -0.2) is 10.1 Å². The van der Waals surface area contributed by atoms with E-state index in [2.05, 4.69) is 0 Å². The Balaban J connectivity index is 3.39. The Hall–Kier alpha value is -1.90. The van der Waals surface area contributed by atoms with E-state index >= 15 is 0 Å². The Morgan fingerprint density at radius 2 is 2.29 bits per heavy atom. The fraction of sp³-hybridized carbons (Fsp3) is 0.250. The molecule has 0 aliphatic heterocycles. The van der Waals surface area contributed by atoms with E-state index in [4.69, 9.17) is 10.4 Å². The highest BCUT2D eigenvalue weighted by atomic mass is 19.3. The molecule has 0 fully saturated rings. The van der Waals surface area contributed by atoms with Crippen LogP contribution < -0.4 is 5.56 Å². The van der Waals surface area contributed by atoms with Crippen molar-refractivity contribution in [2.45, 2.75) is 12.8 Å². The molecular weight excluding hydrogens is 194 g/mol. The van der Waals surface area contributed by atoms with Gasteiger partial charge in [0.1, 0.15) is 0 Å². The van der Waals surface area contributed by atoms with Crippen LogP contribution in [0.1, 0.15) is 17.6 Å². The van der Waals surface area contributed by atoms with Crippen LogP contribution in [0.15, 0.2) is 11.0 Å². The van der Waals surface area contributed by atoms with Crippen LogP contribution >= 0.6 is 0 Å². The largest absolute Gasteiger partial charge is 0.503 e. The number of halogens is 2. The molecule has 1 rings (SSSR count). The van der Waals surface area contributed by atoms with Gasteiger partial charge in [-0.15, -0.1) is 0 Å². The smallest absolute Gasteiger partial charge is 0.290 e. The molecule has 2 N–H and O–H groups in total. The van der Waals surface area contributed by atoms with Gasteiger partial charge in [-0.3, -0.25) is 4.79 Å². The van der Waals surface area contributed by atoms with Gasteiger partial charge in [-0.25, -0.2) is 8.78 Å². The third-order valence-corrected chi connectivity index (χ3v) is 1.70. The average molecular weight is 200 g/mol. The van der Waals surface area contributed by atoms with Crippen LogP contribution in [0, 0.1) is 11.3 Å². The molecule has 1 aromatic rings. The number of alkyl halides is 2. The molecule has 0 amide bonds. The number of pyridine rings is 1. The number of hydrogen-bond donors (Lipinski definition) is 2. The number of H-pyrrole nitrogens is 1. The summed E-state index contributed by atoms with van der Waals surface area (Å²) in [5.41, 5.74) is -1.71. The lowest BCUT2D eigenvalue weighted by Gasteiger charge is -2.06. The summed E-state index contributed by atoms with van der Waals surface area (Å²) >= 11 is 0. The predicted molar refractivity (Wildman–Crippen MR) is 43.0 cm³/mol. The highest BCUT2D eigenvalue weighted by molar-refractivity contribution is 5.38. The first-order valence-electron chi connectivity index (χ1n) is 3.66. The fourth-order valence-corrected chi connectivity index (χ4v) is 1.03. The molecule has 1 aromatic heterocycles. The Labute approximate surface area is 77.4 Å². The van der Waals surface area contributed by atoms with Gasteiger partial charge in [0.25, 0.3) is 12.0 Å². The van der Waals surface area contributed by atoms with E-state index in [-0.39, 0.29) is 5.56 Å². The standard InChI is InChI=1S/C8H6F2N2O2/c9-7(10)5-3-12-8(14)6(13)4(5)1-2-11/h3,7,13H,1H2,(H,12,14). The van der Waals surface area contributed by atoms with Crippen LogP contribution in [0.5, 0.6) is 5.75 Å². The summed E-state index contributed by atoms with van der Waals surface area (Å²) in [4.78, 5) is 12.8. The molecule has 0 bridgehead atoms. The minimum atomic E-state index is -2.83. The van der Waals surface area contributed by atoms with E-state index in [1.54, 1.807) is 6.07 Å². The third-order valence-electron chi connectivity index (χ3n) is 1.70. The number of aromatic nitrogens is 1. The summed E-state index contributed by atoms with van der Waals surface area (Å²) in [5, 5.41) is 17.5. The molecule has 0 radical (unpaired) electrons. The number of rotatable bonds is 2. The summed E-state index contributed by atoms with van der Waals surface area (Å²) in [6, 6.07) is 1.60. The zero-order chi connectivity index (χ0) is 10.7. The summed E-state index contributed by atoms with van der Waals surface area (Å²) in [6.45, 7) is 0. The molecular formula is C8H6F2N2O2. The van der Waals surface area contributed by atoms with Crippen molar-refractivity contribution in [1.29, 1.82) is 5.26 Å². The van der Waals surface area contributed by atoms with Crippen LogP contribution in [-0.2, 0) is 6.42 Å². The number of nitriles is 1. The van der Waals surface area contributed by atoms with Crippen molar-refractivity contribution in [3.05, 3.63) is 27.7 Å². The van der Waals surface area contributed by atoms with E-state index in [1.807, 2.05) is 4.98 Å². The van der Waals surface area contributed by atoms with Crippen LogP contribution in [0.25, 0.3) is 0 Å². The zero-order valence-corrected chi connectivity index (χ0v) is 6.92. The van der Waals surface area contributed by atoms with Gasteiger partial charge >= 0.3 is 0 Å². The normalized spacial score (nSPS) is 10.1. The average Bonchev–Trinajstić information content (AvgIpc) is 2.13. The molecule has 0 saturated heterocycles. The quantitative estimate of drug-likeness (QED) is 0.749. The first-order chi connectivity index (χ1) is 6.57. The number of aromatic hydroxyl groups is 1. The van der Waals surface area contributed by atoms with Crippen LogP contribution in [0.3, 0.4) is 0 Å². The molecule has 0 atom stereocenters. The van der Waals surface area contributed by atoms with Gasteiger partial charge in [-0.05, 0) is 0 Å². The number of aromatic amines is 1. The summed E-state index contributed by atoms with van der Waals surface area (Å²) < 4.78 is 24.6. The van der Waals surface area contributed by atoms with Crippen molar-refractivity contribution < 1.29 is 13.9 Å². The van der Waals surface area contributed by atoms with Gasteiger partial charge in [0.15, 0.2) is 5.75 Å². The Bertz CT molecular complexity index is 434. The molecule has 0 aliphatic carbocycles. The zero-order valence-electron chi connectivity index (χ0n) is 6.92. The van der Waals surface area contributed by atoms with Crippen LogP contribution in [0.2, 0.25) is 0 Å². The molecule has 4 nitrogen and oxygen atoms in total. The molecule has 0 spiro atoms. The van der Waals surface area contributed by atoms with Crippen molar-refractivity contribution in [2.75, 3.05) is 0 Å².